The lowest BCUT2D eigenvalue weighted by molar-refractivity contribution is -0.145. The van der Waals surface area contributed by atoms with Crippen molar-refractivity contribution >= 4 is 21.9 Å². The average Bonchev–Trinajstić information content (AvgIpc) is 2.34. The summed E-state index contributed by atoms with van der Waals surface area (Å²) < 4.78 is 12.1. The second-order valence-electron chi connectivity index (χ2n) is 4.82. The average molecular weight is 325 g/mol. The van der Waals surface area contributed by atoms with Crippen LogP contribution in [0.25, 0.3) is 0 Å². The highest BCUT2D eigenvalue weighted by Crippen LogP contribution is 2.26. The van der Waals surface area contributed by atoms with E-state index in [-0.39, 0.29) is 18.0 Å². The van der Waals surface area contributed by atoms with Crippen LogP contribution >= 0.6 is 15.9 Å². The Labute approximate surface area is 121 Å². The van der Waals surface area contributed by atoms with E-state index in [0.717, 1.165) is 10.0 Å². The van der Waals surface area contributed by atoms with E-state index in [2.05, 4.69) is 15.9 Å². The van der Waals surface area contributed by atoms with Crippen LogP contribution in [0, 0.1) is 5.92 Å². The Morgan fingerprint density at radius 3 is 2.58 bits per heavy atom. The Morgan fingerprint density at radius 1 is 1.26 bits per heavy atom. The van der Waals surface area contributed by atoms with Crippen LogP contribution in [0.4, 0.5) is 0 Å². The number of carbonyl (C=O) groups is 1. The summed E-state index contributed by atoms with van der Waals surface area (Å²) in [6, 6.07) is 7.80. The van der Waals surface area contributed by atoms with Crippen molar-refractivity contribution in [3.05, 3.63) is 46.1 Å². The van der Waals surface area contributed by atoms with Crippen LogP contribution in [0.2, 0.25) is 0 Å². The number of ether oxygens (including phenoxy) is 2. The van der Waals surface area contributed by atoms with Gasteiger partial charge in [-0.3, -0.25) is 0 Å². The maximum Gasteiger partial charge on any atom is 0.334 e. The van der Waals surface area contributed by atoms with Gasteiger partial charge >= 0.3 is 5.97 Å². The number of esters is 1. The SMILES string of the molecule is CC(C)/C1=C/C(=O)OC(c2ccc(Br)cc2)CCO1. The minimum Gasteiger partial charge on any atom is -0.497 e. The second kappa shape index (κ2) is 6.24. The van der Waals surface area contributed by atoms with Gasteiger partial charge in [-0.2, -0.15) is 0 Å². The highest BCUT2D eigenvalue weighted by molar-refractivity contribution is 9.10. The molecule has 0 spiro atoms. The van der Waals surface area contributed by atoms with E-state index in [4.69, 9.17) is 9.47 Å². The molecule has 0 aromatic heterocycles. The molecule has 1 aliphatic heterocycles. The molecule has 1 atom stereocenters. The zero-order valence-corrected chi connectivity index (χ0v) is 12.6. The van der Waals surface area contributed by atoms with Crippen LogP contribution in [0.3, 0.4) is 0 Å². The van der Waals surface area contributed by atoms with Gasteiger partial charge in [-0.1, -0.05) is 41.9 Å². The molecule has 4 heteroatoms. The number of hydrogen-bond donors (Lipinski definition) is 0. The van der Waals surface area contributed by atoms with Gasteiger partial charge in [0.05, 0.1) is 12.7 Å². The van der Waals surface area contributed by atoms with E-state index in [1.165, 1.54) is 6.08 Å². The Hall–Kier alpha value is -1.29. The second-order valence-corrected chi connectivity index (χ2v) is 5.73. The molecule has 0 radical (unpaired) electrons. The fourth-order valence-corrected chi connectivity index (χ4v) is 2.18. The lowest BCUT2D eigenvalue weighted by Gasteiger charge is -2.22. The normalized spacial score (nSPS) is 22.8. The Bertz CT molecular complexity index is 477. The number of halogens is 1. The van der Waals surface area contributed by atoms with E-state index in [1.54, 1.807) is 0 Å². The molecule has 1 aromatic carbocycles. The fraction of sp³-hybridized carbons (Fsp3) is 0.400. The summed E-state index contributed by atoms with van der Waals surface area (Å²) in [4.78, 5) is 11.8. The van der Waals surface area contributed by atoms with Crippen LogP contribution in [0.15, 0.2) is 40.6 Å². The van der Waals surface area contributed by atoms with Gasteiger partial charge < -0.3 is 9.47 Å². The molecule has 0 N–H and O–H groups in total. The number of rotatable bonds is 2. The maximum atomic E-state index is 11.8. The van der Waals surface area contributed by atoms with Gasteiger partial charge in [0.1, 0.15) is 11.9 Å². The zero-order valence-electron chi connectivity index (χ0n) is 11.1. The zero-order chi connectivity index (χ0) is 13.8. The topological polar surface area (TPSA) is 35.5 Å². The van der Waals surface area contributed by atoms with Gasteiger partial charge in [0, 0.05) is 16.8 Å². The van der Waals surface area contributed by atoms with Crippen LogP contribution in [-0.4, -0.2) is 12.6 Å². The molecule has 0 saturated heterocycles. The predicted octanol–water partition coefficient (Wildman–Crippen LogP) is 3.99. The van der Waals surface area contributed by atoms with Gasteiger partial charge in [-0.15, -0.1) is 0 Å². The first-order valence-electron chi connectivity index (χ1n) is 6.36. The molecular formula is C15H17BrO3. The Kier molecular flexibility index (Phi) is 4.64. The Balaban J connectivity index is 2.14. The van der Waals surface area contributed by atoms with Gasteiger partial charge in [0.15, 0.2) is 0 Å². The van der Waals surface area contributed by atoms with E-state index < -0.39 is 0 Å². The monoisotopic (exact) mass is 324 g/mol. The number of allylic oxidation sites excluding steroid dienone is 1. The molecule has 2 rings (SSSR count). The van der Waals surface area contributed by atoms with Crippen molar-refractivity contribution in [2.24, 2.45) is 5.92 Å². The van der Waals surface area contributed by atoms with Crippen molar-refractivity contribution in [3.63, 3.8) is 0 Å². The van der Waals surface area contributed by atoms with Gasteiger partial charge in [0.25, 0.3) is 0 Å². The molecule has 0 aliphatic carbocycles. The lowest BCUT2D eigenvalue weighted by atomic mass is 10.1. The molecule has 3 nitrogen and oxygen atoms in total. The van der Waals surface area contributed by atoms with Crippen molar-refractivity contribution in [3.8, 4) is 0 Å². The highest BCUT2D eigenvalue weighted by Gasteiger charge is 2.20. The Morgan fingerprint density at radius 2 is 1.95 bits per heavy atom. The van der Waals surface area contributed by atoms with E-state index in [0.29, 0.717) is 18.8 Å². The maximum absolute atomic E-state index is 11.8. The largest absolute Gasteiger partial charge is 0.497 e. The molecule has 1 aromatic rings. The molecular weight excluding hydrogens is 308 g/mol. The summed E-state index contributed by atoms with van der Waals surface area (Å²) in [7, 11) is 0. The molecule has 0 amide bonds. The number of cyclic esters (lactones) is 1. The first-order valence-corrected chi connectivity index (χ1v) is 7.16. The molecule has 19 heavy (non-hydrogen) atoms. The van der Waals surface area contributed by atoms with Gasteiger partial charge in [-0.25, -0.2) is 4.79 Å². The third kappa shape index (κ3) is 3.83. The number of benzene rings is 1. The summed E-state index contributed by atoms with van der Waals surface area (Å²) in [5.41, 5.74) is 0.988. The molecule has 1 aliphatic rings. The van der Waals surface area contributed by atoms with Crippen molar-refractivity contribution in [1.29, 1.82) is 0 Å². The molecule has 0 saturated carbocycles. The van der Waals surface area contributed by atoms with Crippen molar-refractivity contribution in [2.45, 2.75) is 26.4 Å². The molecule has 102 valence electrons. The molecule has 1 unspecified atom stereocenters. The van der Waals surface area contributed by atoms with Crippen molar-refractivity contribution < 1.29 is 14.3 Å². The van der Waals surface area contributed by atoms with Crippen LogP contribution in [0.5, 0.6) is 0 Å². The highest BCUT2D eigenvalue weighted by atomic mass is 79.9. The van der Waals surface area contributed by atoms with Crippen molar-refractivity contribution in [1.82, 2.24) is 0 Å². The van der Waals surface area contributed by atoms with Gasteiger partial charge in [0.2, 0.25) is 0 Å². The summed E-state index contributed by atoms with van der Waals surface area (Å²) >= 11 is 3.39. The molecule has 0 fully saturated rings. The third-order valence-electron chi connectivity index (χ3n) is 2.98. The first kappa shape index (κ1) is 14.1. The summed E-state index contributed by atoms with van der Waals surface area (Å²) in [5.74, 6) is 0.548. The standard InChI is InChI=1S/C15H17BrO3/c1-10(2)14-9-15(17)19-13(7-8-18-14)11-3-5-12(16)6-4-11/h3-6,9-10,13H,7-8H2,1-2H3/b14-9-. The lowest BCUT2D eigenvalue weighted by Crippen LogP contribution is -2.17. The quantitative estimate of drug-likeness (QED) is 0.771. The first-order chi connectivity index (χ1) is 9.06. The third-order valence-corrected chi connectivity index (χ3v) is 3.51. The number of hydrogen-bond acceptors (Lipinski definition) is 3. The van der Waals surface area contributed by atoms with Gasteiger partial charge in [-0.05, 0) is 17.7 Å². The minimum absolute atomic E-state index is 0.191. The summed E-state index contributed by atoms with van der Waals surface area (Å²) in [5, 5.41) is 0. The van der Waals surface area contributed by atoms with Crippen LogP contribution in [0.1, 0.15) is 31.9 Å². The van der Waals surface area contributed by atoms with E-state index >= 15 is 0 Å². The van der Waals surface area contributed by atoms with E-state index in [1.807, 2.05) is 38.1 Å². The number of carbonyl (C=O) groups excluding carboxylic acids is 1. The fourth-order valence-electron chi connectivity index (χ4n) is 1.92. The summed E-state index contributed by atoms with van der Waals surface area (Å²) in [6.07, 6.45) is 1.87. The van der Waals surface area contributed by atoms with E-state index in [9.17, 15) is 4.79 Å². The minimum atomic E-state index is -0.337. The molecule has 0 bridgehead atoms. The van der Waals surface area contributed by atoms with Crippen LogP contribution < -0.4 is 0 Å². The smallest absolute Gasteiger partial charge is 0.334 e. The van der Waals surface area contributed by atoms with Crippen molar-refractivity contribution in [2.75, 3.05) is 6.61 Å². The predicted molar refractivity (Wildman–Crippen MR) is 76.5 cm³/mol. The van der Waals surface area contributed by atoms with Crippen LogP contribution in [-0.2, 0) is 14.3 Å². The molecule has 1 heterocycles. The summed E-state index contributed by atoms with van der Waals surface area (Å²) in [6.45, 7) is 4.54.